The summed E-state index contributed by atoms with van der Waals surface area (Å²) in [5.74, 6) is 0. The second-order valence-corrected chi connectivity index (χ2v) is 22.3. The summed E-state index contributed by atoms with van der Waals surface area (Å²) in [4.78, 5) is 13.6. The van der Waals surface area contributed by atoms with Crippen LogP contribution in [-0.2, 0) is 20.1 Å². The average Bonchev–Trinajstić information content (AvgIpc) is 3.30. The van der Waals surface area contributed by atoms with E-state index in [1.165, 1.54) is 10.4 Å². The topological polar surface area (TPSA) is 51.8 Å². The van der Waals surface area contributed by atoms with E-state index in [1.807, 2.05) is 55.7 Å². The van der Waals surface area contributed by atoms with Crippen molar-refractivity contribution < 1.29 is 24.5 Å². The Kier molecular flexibility index (Phi) is 9.24. The third kappa shape index (κ3) is 7.17. The Balaban J connectivity index is 0.000000200. The number of nitrogens with zero attached hydrogens (tertiary/aromatic N) is 3. The second-order valence-electron chi connectivity index (χ2n) is 12.2. The van der Waals surface area contributed by atoms with Gasteiger partial charge in [0.2, 0.25) is 5.71 Å². The number of hydrogen-bond donors (Lipinski definition) is 0. The van der Waals surface area contributed by atoms with Crippen LogP contribution in [0.3, 0.4) is 0 Å². The van der Waals surface area contributed by atoms with Crippen LogP contribution in [0.15, 0.2) is 89.6 Å². The van der Waals surface area contributed by atoms with Crippen molar-refractivity contribution in [1.82, 2.24) is 15.0 Å². The maximum Gasteiger partial charge on any atom is 0.216 e. The summed E-state index contributed by atoms with van der Waals surface area (Å²) in [6.07, 6.45) is 4.03. The predicted octanol–water partition coefficient (Wildman–Crippen LogP) is 7.79. The number of hydrogen-bond acceptors (Lipinski definition) is 4. The van der Waals surface area contributed by atoms with E-state index in [0.717, 1.165) is 44.6 Å². The molecule has 0 saturated carbocycles. The SMILES string of the molecule is C[Si](C)(C)c1ccc(-c2[c-]cccc2)nc1.Cc1ccc2c(n1)oc1c[c-]c(-c3ccc([Si](C)(C)C)cn3)cc12.[Ir]. The van der Waals surface area contributed by atoms with Gasteiger partial charge in [0.05, 0.1) is 21.7 Å². The number of furan rings is 1. The molecule has 6 aromatic rings. The molecule has 0 amide bonds. The number of aromatic nitrogens is 3. The summed E-state index contributed by atoms with van der Waals surface area (Å²) in [6, 6.07) is 31.1. The predicted molar refractivity (Wildman–Crippen MR) is 173 cm³/mol. The standard InChI is InChI=1S/C20H19N2OSi.C14H16NSi.Ir/c1-13-5-8-16-17-11-14(6-10-19(17)23-20(16)22-13)18-9-7-15(12-21-18)24(2,3)4;1-16(2,3)13-9-10-14(15-11-13)12-7-5-4-6-8-12;/h5,7-12H,1-4H3;4-7,9-11H,1-3H3;/q2*-1;. The van der Waals surface area contributed by atoms with Crippen LogP contribution < -0.4 is 10.4 Å². The van der Waals surface area contributed by atoms with Gasteiger partial charge in [-0.15, -0.1) is 59.7 Å². The van der Waals surface area contributed by atoms with Gasteiger partial charge in [-0.2, -0.15) is 0 Å². The van der Waals surface area contributed by atoms with E-state index in [0.29, 0.717) is 5.71 Å². The van der Waals surface area contributed by atoms with Gasteiger partial charge in [0.15, 0.2) is 0 Å². The van der Waals surface area contributed by atoms with Crippen molar-refractivity contribution in [1.29, 1.82) is 0 Å². The van der Waals surface area contributed by atoms with E-state index in [9.17, 15) is 0 Å². The van der Waals surface area contributed by atoms with Gasteiger partial charge in [-0.05, 0) is 40.8 Å². The molecular weight excluding hydrogens is 715 g/mol. The average molecular weight is 750 g/mol. The molecule has 4 nitrogen and oxygen atoms in total. The van der Waals surface area contributed by atoms with Crippen molar-refractivity contribution in [2.45, 2.75) is 46.2 Å². The molecular formula is C34H35IrN3OSi2-2. The summed E-state index contributed by atoms with van der Waals surface area (Å²) in [5, 5.41) is 4.85. The smallest absolute Gasteiger partial charge is 0.216 e. The Bertz CT molecular complexity index is 1750. The monoisotopic (exact) mass is 750 g/mol. The van der Waals surface area contributed by atoms with Gasteiger partial charge in [0.1, 0.15) is 0 Å². The molecule has 7 heteroatoms. The molecule has 0 saturated heterocycles. The van der Waals surface area contributed by atoms with Gasteiger partial charge in [0, 0.05) is 43.6 Å². The molecule has 0 spiro atoms. The molecule has 1 radical (unpaired) electrons. The van der Waals surface area contributed by atoms with Crippen molar-refractivity contribution in [3.05, 3.63) is 103 Å². The van der Waals surface area contributed by atoms with Crippen molar-refractivity contribution in [2.24, 2.45) is 0 Å². The first kappa shape index (κ1) is 30.7. The van der Waals surface area contributed by atoms with Crippen molar-refractivity contribution in [3.8, 4) is 22.5 Å². The maximum absolute atomic E-state index is 5.83. The summed E-state index contributed by atoms with van der Waals surface area (Å²) < 4.78 is 5.83. The first-order valence-electron chi connectivity index (χ1n) is 13.6. The molecule has 6 rings (SSSR count). The molecule has 211 valence electrons. The van der Waals surface area contributed by atoms with Crippen molar-refractivity contribution in [3.63, 3.8) is 0 Å². The van der Waals surface area contributed by atoms with Crippen LogP contribution in [0.4, 0.5) is 0 Å². The molecule has 41 heavy (non-hydrogen) atoms. The minimum Gasteiger partial charge on any atom is -0.486 e. The molecule has 0 aliphatic rings. The molecule has 4 aromatic heterocycles. The molecule has 0 aliphatic carbocycles. The third-order valence-corrected chi connectivity index (χ3v) is 11.0. The number of pyridine rings is 3. The van der Waals surface area contributed by atoms with Crippen LogP contribution in [0, 0.1) is 19.1 Å². The molecule has 0 atom stereocenters. The second kappa shape index (κ2) is 12.3. The van der Waals surface area contributed by atoms with Crippen molar-refractivity contribution in [2.75, 3.05) is 0 Å². The van der Waals surface area contributed by atoms with Crippen LogP contribution in [0.25, 0.3) is 44.6 Å². The summed E-state index contributed by atoms with van der Waals surface area (Å²) >= 11 is 0. The Morgan fingerprint density at radius 1 is 0.683 bits per heavy atom. The van der Waals surface area contributed by atoms with Crippen LogP contribution in [0.1, 0.15) is 5.69 Å². The minimum absolute atomic E-state index is 0. The van der Waals surface area contributed by atoms with Crippen LogP contribution in [0.5, 0.6) is 0 Å². The van der Waals surface area contributed by atoms with Gasteiger partial charge in [-0.1, -0.05) is 68.9 Å². The summed E-state index contributed by atoms with van der Waals surface area (Å²) in [5.41, 5.74) is 6.42. The summed E-state index contributed by atoms with van der Waals surface area (Å²) in [6.45, 7) is 15.9. The normalized spacial score (nSPS) is 11.6. The number of aryl methyl sites for hydroxylation is 1. The molecule has 0 fully saturated rings. The molecule has 2 aromatic carbocycles. The van der Waals surface area contributed by atoms with E-state index >= 15 is 0 Å². The molecule has 0 unspecified atom stereocenters. The van der Waals surface area contributed by atoms with E-state index in [2.05, 4.69) is 103 Å². The van der Waals surface area contributed by atoms with E-state index < -0.39 is 16.1 Å². The first-order valence-corrected chi connectivity index (χ1v) is 20.6. The zero-order valence-electron chi connectivity index (χ0n) is 24.7. The maximum atomic E-state index is 5.83. The van der Waals surface area contributed by atoms with Gasteiger partial charge >= 0.3 is 0 Å². The fourth-order valence-electron chi connectivity index (χ4n) is 4.39. The Hall–Kier alpha value is -3.23. The zero-order chi connectivity index (χ0) is 28.5. The fourth-order valence-corrected chi connectivity index (χ4v) is 6.46. The van der Waals surface area contributed by atoms with Gasteiger partial charge in [-0.3, -0.25) is 0 Å². The van der Waals surface area contributed by atoms with Crippen molar-refractivity contribution >= 4 is 48.6 Å². The Morgan fingerprint density at radius 2 is 1.32 bits per heavy atom. The first-order chi connectivity index (χ1) is 19.0. The minimum atomic E-state index is -1.33. The third-order valence-electron chi connectivity index (χ3n) is 6.93. The Labute approximate surface area is 258 Å². The molecule has 0 N–H and O–H groups in total. The van der Waals surface area contributed by atoms with Gasteiger partial charge in [-0.25, -0.2) is 4.98 Å². The number of fused-ring (bicyclic) bond motifs is 3. The van der Waals surface area contributed by atoms with Gasteiger partial charge < -0.3 is 14.4 Å². The molecule has 0 aliphatic heterocycles. The van der Waals surface area contributed by atoms with Crippen LogP contribution in [-0.4, -0.2) is 31.1 Å². The molecule has 0 bridgehead atoms. The number of rotatable bonds is 4. The Morgan fingerprint density at radius 3 is 1.85 bits per heavy atom. The van der Waals surface area contributed by atoms with E-state index in [-0.39, 0.29) is 20.1 Å². The van der Waals surface area contributed by atoms with E-state index in [1.54, 1.807) is 0 Å². The van der Waals surface area contributed by atoms with Crippen LogP contribution in [0.2, 0.25) is 39.3 Å². The number of benzene rings is 2. The quantitative estimate of drug-likeness (QED) is 0.137. The zero-order valence-corrected chi connectivity index (χ0v) is 29.1. The van der Waals surface area contributed by atoms with Gasteiger partial charge in [0.25, 0.3) is 0 Å². The fraction of sp³-hybridized carbons (Fsp3) is 0.206. The van der Waals surface area contributed by atoms with E-state index in [4.69, 9.17) is 4.42 Å². The largest absolute Gasteiger partial charge is 0.486 e. The molecule has 4 heterocycles. The van der Waals surface area contributed by atoms with Crippen LogP contribution >= 0.6 is 0 Å². The summed E-state index contributed by atoms with van der Waals surface area (Å²) in [7, 11) is -2.56.